The molecular weight excluding hydrogens is 404 g/mol. The van der Waals surface area contributed by atoms with E-state index < -0.39 is 0 Å². The predicted octanol–water partition coefficient (Wildman–Crippen LogP) is 4.76. The van der Waals surface area contributed by atoms with Gasteiger partial charge in [-0.1, -0.05) is 12.1 Å². The number of amides is 1. The van der Waals surface area contributed by atoms with Gasteiger partial charge in [-0.2, -0.15) is 0 Å². The van der Waals surface area contributed by atoms with Crippen LogP contribution in [0.5, 0.6) is 17.2 Å². The minimum absolute atomic E-state index is 0.0662. The van der Waals surface area contributed by atoms with Gasteiger partial charge in [0.1, 0.15) is 12.4 Å². The van der Waals surface area contributed by atoms with Crippen LogP contribution in [0, 0.1) is 0 Å². The summed E-state index contributed by atoms with van der Waals surface area (Å²) in [7, 11) is 1.69. The first-order valence-electron chi connectivity index (χ1n) is 11.2. The summed E-state index contributed by atoms with van der Waals surface area (Å²) in [6.07, 6.45) is 5.93. The van der Waals surface area contributed by atoms with Crippen molar-refractivity contribution < 1.29 is 19.0 Å². The van der Waals surface area contributed by atoms with Crippen LogP contribution in [0.2, 0.25) is 0 Å². The lowest BCUT2D eigenvalue weighted by Gasteiger charge is -2.33. The Labute approximate surface area is 187 Å². The summed E-state index contributed by atoms with van der Waals surface area (Å²) in [6.45, 7) is 4.28. The van der Waals surface area contributed by atoms with Crippen LogP contribution >= 0.6 is 0 Å². The average molecular weight is 433 g/mol. The van der Waals surface area contributed by atoms with Crippen LogP contribution in [0.4, 0.5) is 0 Å². The van der Waals surface area contributed by atoms with Gasteiger partial charge >= 0.3 is 0 Å². The molecule has 0 bridgehead atoms. The number of ether oxygens (including phenoxy) is 3. The van der Waals surface area contributed by atoms with Crippen LogP contribution in [0.25, 0.3) is 17.0 Å². The molecule has 6 nitrogen and oxygen atoms in total. The number of fused-ring (bicyclic) bond motifs is 2. The number of aromatic nitrogens is 1. The summed E-state index contributed by atoms with van der Waals surface area (Å²) in [6, 6.07) is 11.9. The number of hydrogen-bond donors (Lipinski definition) is 1. The highest BCUT2D eigenvalue weighted by Crippen LogP contribution is 2.38. The number of likely N-dealkylation sites (tertiary alicyclic amines) is 1. The summed E-state index contributed by atoms with van der Waals surface area (Å²) < 4.78 is 17.0. The fourth-order valence-electron chi connectivity index (χ4n) is 4.76. The third-order valence-electron chi connectivity index (χ3n) is 6.43. The molecule has 0 atom stereocenters. The van der Waals surface area contributed by atoms with E-state index in [-0.39, 0.29) is 12.5 Å². The zero-order valence-corrected chi connectivity index (χ0v) is 18.5. The molecule has 1 fully saturated rings. The van der Waals surface area contributed by atoms with E-state index in [0.29, 0.717) is 18.1 Å². The molecule has 1 saturated heterocycles. The quantitative estimate of drug-likeness (QED) is 0.632. The number of carbonyl (C=O) groups is 1. The molecule has 2 aliphatic rings. The summed E-state index contributed by atoms with van der Waals surface area (Å²) >= 11 is 0. The van der Waals surface area contributed by atoms with Crippen molar-refractivity contribution in [2.45, 2.75) is 25.7 Å². The van der Waals surface area contributed by atoms with Gasteiger partial charge in [-0.25, -0.2) is 0 Å². The third kappa shape index (κ3) is 3.70. The van der Waals surface area contributed by atoms with Crippen molar-refractivity contribution in [1.29, 1.82) is 0 Å². The molecule has 6 heteroatoms. The van der Waals surface area contributed by atoms with Crippen molar-refractivity contribution in [2.24, 2.45) is 0 Å². The van der Waals surface area contributed by atoms with Crippen molar-refractivity contribution >= 4 is 22.9 Å². The number of para-hydroxylation sites is 1. The molecule has 2 aliphatic heterocycles. The Bertz CT molecular complexity index is 1170. The SMILES string of the molecule is CCOc1cccc2c1OCC(C(=O)N1CCC(c3c[nH]c4ccc(OC)cc34)CC1)=C2. The Kier molecular flexibility index (Phi) is 5.52. The molecule has 1 aromatic heterocycles. The molecule has 3 heterocycles. The van der Waals surface area contributed by atoms with Gasteiger partial charge in [0.2, 0.25) is 0 Å². The second-order valence-electron chi connectivity index (χ2n) is 8.29. The largest absolute Gasteiger partial charge is 0.497 e. The Hall–Kier alpha value is -3.41. The minimum atomic E-state index is 0.0662. The smallest absolute Gasteiger partial charge is 0.253 e. The molecule has 0 unspecified atom stereocenters. The van der Waals surface area contributed by atoms with E-state index in [4.69, 9.17) is 14.2 Å². The van der Waals surface area contributed by atoms with Gasteiger partial charge in [-0.05, 0) is 61.6 Å². The molecule has 2 aromatic carbocycles. The number of benzene rings is 2. The number of nitrogens with zero attached hydrogens (tertiary/aromatic N) is 1. The second kappa shape index (κ2) is 8.61. The van der Waals surface area contributed by atoms with Gasteiger partial charge in [-0.15, -0.1) is 0 Å². The van der Waals surface area contributed by atoms with Gasteiger partial charge < -0.3 is 24.1 Å². The fraction of sp³-hybridized carbons (Fsp3) is 0.346. The first-order chi connectivity index (χ1) is 15.7. The number of carbonyl (C=O) groups excluding carboxylic acids is 1. The topological polar surface area (TPSA) is 63.8 Å². The summed E-state index contributed by atoms with van der Waals surface area (Å²) in [4.78, 5) is 18.5. The molecule has 0 spiro atoms. The van der Waals surface area contributed by atoms with Crippen LogP contribution in [-0.4, -0.2) is 49.2 Å². The maximum Gasteiger partial charge on any atom is 0.253 e. The number of hydrogen-bond acceptors (Lipinski definition) is 4. The van der Waals surface area contributed by atoms with Crippen molar-refractivity contribution in [3.63, 3.8) is 0 Å². The zero-order chi connectivity index (χ0) is 22.1. The predicted molar refractivity (Wildman–Crippen MR) is 124 cm³/mol. The van der Waals surface area contributed by atoms with E-state index >= 15 is 0 Å². The van der Waals surface area contributed by atoms with Crippen molar-refractivity contribution in [2.75, 3.05) is 33.4 Å². The van der Waals surface area contributed by atoms with Crippen molar-refractivity contribution in [3.8, 4) is 17.2 Å². The number of aromatic amines is 1. The highest BCUT2D eigenvalue weighted by molar-refractivity contribution is 5.99. The highest BCUT2D eigenvalue weighted by Gasteiger charge is 2.29. The normalized spacial score (nSPS) is 16.3. The number of methoxy groups -OCH3 is 1. The highest BCUT2D eigenvalue weighted by atomic mass is 16.5. The Balaban J connectivity index is 1.29. The fourth-order valence-corrected chi connectivity index (χ4v) is 4.76. The van der Waals surface area contributed by atoms with Gasteiger partial charge in [-0.3, -0.25) is 4.79 Å². The van der Waals surface area contributed by atoms with Gasteiger partial charge in [0, 0.05) is 35.8 Å². The molecule has 0 aliphatic carbocycles. The van der Waals surface area contributed by atoms with Crippen LogP contribution in [0.3, 0.4) is 0 Å². The Morgan fingerprint density at radius 3 is 2.84 bits per heavy atom. The molecule has 1 N–H and O–H groups in total. The molecule has 0 saturated carbocycles. The van der Waals surface area contributed by atoms with Crippen LogP contribution in [0.1, 0.15) is 36.8 Å². The lowest BCUT2D eigenvalue weighted by Crippen LogP contribution is -2.40. The standard InChI is InChI=1S/C26H28N2O4/c1-3-31-24-6-4-5-18-13-19(16-32-25(18)24)26(29)28-11-9-17(10-12-28)22-15-27-23-8-7-20(30-2)14-21(22)23/h4-8,13-15,17,27H,3,9-12,16H2,1-2H3. The van der Waals surface area contributed by atoms with E-state index in [1.807, 2.05) is 42.2 Å². The van der Waals surface area contributed by atoms with Crippen LogP contribution in [-0.2, 0) is 4.79 Å². The first-order valence-corrected chi connectivity index (χ1v) is 11.2. The van der Waals surface area contributed by atoms with Crippen molar-refractivity contribution in [1.82, 2.24) is 9.88 Å². The maximum atomic E-state index is 13.2. The van der Waals surface area contributed by atoms with Gasteiger partial charge in [0.15, 0.2) is 11.5 Å². The van der Waals surface area contributed by atoms with E-state index in [1.165, 1.54) is 10.9 Å². The maximum absolute atomic E-state index is 13.2. The molecule has 0 radical (unpaired) electrons. The van der Waals surface area contributed by atoms with Crippen LogP contribution < -0.4 is 14.2 Å². The molecule has 3 aromatic rings. The molecule has 32 heavy (non-hydrogen) atoms. The van der Waals surface area contributed by atoms with Crippen LogP contribution in [0.15, 0.2) is 48.2 Å². The first kappa shape index (κ1) is 20.5. The van der Waals surface area contributed by atoms with Crippen molar-refractivity contribution in [3.05, 3.63) is 59.3 Å². The van der Waals surface area contributed by atoms with Gasteiger partial charge in [0.25, 0.3) is 5.91 Å². The Morgan fingerprint density at radius 1 is 1.22 bits per heavy atom. The molecular formula is C26H28N2O4. The van der Waals surface area contributed by atoms with E-state index in [0.717, 1.165) is 54.3 Å². The monoisotopic (exact) mass is 432 g/mol. The zero-order valence-electron chi connectivity index (χ0n) is 18.5. The molecule has 166 valence electrons. The number of H-pyrrole nitrogens is 1. The number of piperidine rings is 1. The average Bonchev–Trinajstić information content (AvgIpc) is 3.27. The van der Waals surface area contributed by atoms with Gasteiger partial charge in [0.05, 0.1) is 19.3 Å². The second-order valence-corrected chi connectivity index (χ2v) is 8.29. The Morgan fingerprint density at radius 2 is 2.06 bits per heavy atom. The molecule has 1 amide bonds. The minimum Gasteiger partial charge on any atom is -0.497 e. The van der Waals surface area contributed by atoms with E-state index in [9.17, 15) is 4.79 Å². The molecule has 5 rings (SSSR count). The lowest BCUT2D eigenvalue weighted by molar-refractivity contribution is -0.128. The summed E-state index contributed by atoms with van der Waals surface area (Å²) in [5.74, 6) is 2.80. The lowest BCUT2D eigenvalue weighted by atomic mass is 9.89. The summed E-state index contributed by atoms with van der Waals surface area (Å²) in [5.41, 5.74) is 4.02. The third-order valence-corrected chi connectivity index (χ3v) is 6.43. The number of nitrogens with one attached hydrogen (secondary N) is 1. The van der Waals surface area contributed by atoms with E-state index in [1.54, 1.807) is 7.11 Å². The van der Waals surface area contributed by atoms with E-state index in [2.05, 4.69) is 23.3 Å². The number of rotatable bonds is 5. The summed E-state index contributed by atoms with van der Waals surface area (Å²) in [5, 5.41) is 1.21.